The Kier molecular flexibility index (Phi) is 4.53. The quantitative estimate of drug-likeness (QED) is 0.554. The summed E-state index contributed by atoms with van der Waals surface area (Å²) in [4.78, 5) is 20.4. The molecule has 0 aliphatic rings. The van der Waals surface area contributed by atoms with Crippen LogP contribution in [0.4, 0.5) is 0 Å². The van der Waals surface area contributed by atoms with Crippen molar-refractivity contribution in [2.24, 2.45) is 0 Å². The molecule has 0 bridgehead atoms. The predicted molar refractivity (Wildman–Crippen MR) is 102 cm³/mol. The molecule has 7 heteroatoms. The number of benzene rings is 2. The van der Waals surface area contributed by atoms with Gasteiger partial charge in [0.05, 0.1) is 15.9 Å². The van der Waals surface area contributed by atoms with Crippen molar-refractivity contribution in [2.75, 3.05) is 0 Å². The highest BCUT2D eigenvalue weighted by Crippen LogP contribution is 2.22. The molecule has 4 aromatic rings. The van der Waals surface area contributed by atoms with Crippen molar-refractivity contribution in [1.29, 1.82) is 0 Å². The summed E-state index contributed by atoms with van der Waals surface area (Å²) < 4.78 is 2.79. The third-order valence-electron chi connectivity index (χ3n) is 3.77. The molecule has 2 aromatic heterocycles. The smallest absolute Gasteiger partial charge is 0.244 e. The number of nitrogens with zero attached hydrogens (tertiary/aromatic N) is 4. The summed E-state index contributed by atoms with van der Waals surface area (Å²) in [5, 5.41) is 7.77. The van der Waals surface area contributed by atoms with Gasteiger partial charge in [-0.25, -0.2) is 14.6 Å². The first-order valence-electron chi connectivity index (χ1n) is 8.03. The van der Waals surface area contributed by atoms with Gasteiger partial charge < -0.3 is 5.32 Å². The highest BCUT2D eigenvalue weighted by molar-refractivity contribution is 7.19. The number of nitrogens with one attached hydrogen (secondary N) is 1. The maximum Gasteiger partial charge on any atom is 0.244 e. The summed E-state index contributed by atoms with van der Waals surface area (Å²) in [6.07, 6.45) is 6.39. The Morgan fingerprint density at radius 3 is 2.77 bits per heavy atom. The van der Waals surface area contributed by atoms with Gasteiger partial charge in [0.1, 0.15) is 17.7 Å². The Bertz CT molecular complexity index is 1020. The zero-order valence-corrected chi connectivity index (χ0v) is 14.6. The summed E-state index contributed by atoms with van der Waals surface area (Å²) in [5.41, 5.74) is 2.88. The molecular formula is C19H15N5OS. The fourth-order valence-electron chi connectivity index (χ4n) is 2.46. The molecule has 0 saturated heterocycles. The number of para-hydroxylation sites is 1. The first-order chi connectivity index (χ1) is 12.8. The molecule has 0 aliphatic carbocycles. The molecule has 0 spiro atoms. The van der Waals surface area contributed by atoms with Gasteiger partial charge in [-0.3, -0.25) is 4.79 Å². The fraction of sp³-hybridized carbons (Fsp3) is 0.0526. The number of amides is 1. The molecule has 6 nitrogen and oxygen atoms in total. The van der Waals surface area contributed by atoms with Gasteiger partial charge in [-0.1, -0.05) is 24.3 Å². The second kappa shape index (κ2) is 7.28. The van der Waals surface area contributed by atoms with Gasteiger partial charge in [0.25, 0.3) is 0 Å². The van der Waals surface area contributed by atoms with Crippen LogP contribution in [0.25, 0.3) is 22.0 Å². The van der Waals surface area contributed by atoms with Crippen LogP contribution in [0, 0.1) is 0 Å². The van der Waals surface area contributed by atoms with Crippen LogP contribution in [0.3, 0.4) is 0 Å². The van der Waals surface area contributed by atoms with Crippen LogP contribution >= 0.6 is 11.3 Å². The maximum atomic E-state index is 12.0. The molecule has 0 saturated carbocycles. The van der Waals surface area contributed by atoms with Crippen LogP contribution in [0.5, 0.6) is 0 Å². The molecule has 4 rings (SSSR count). The van der Waals surface area contributed by atoms with E-state index in [-0.39, 0.29) is 5.91 Å². The molecule has 0 aliphatic heterocycles. The highest BCUT2D eigenvalue weighted by Gasteiger charge is 2.02. The molecule has 2 aromatic carbocycles. The number of rotatable bonds is 5. The number of carbonyl (C=O) groups excluding carboxylic acids is 1. The van der Waals surface area contributed by atoms with Crippen LogP contribution in [0.1, 0.15) is 10.6 Å². The topological polar surface area (TPSA) is 72.7 Å². The lowest BCUT2D eigenvalue weighted by Gasteiger charge is -2.04. The number of carbonyl (C=O) groups is 1. The van der Waals surface area contributed by atoms with Crippen molar-refractivity contribution in [3.05, 3.63) is 77.8 Å². The summed E-state index contributed by atoms with van der Waals surface area (Å²) in [7, 11) is 0. The maximum absolute atomic E-state index is 12.0. The van der Waals surface area contributed by atoms with Gasteiger partial charge in [-0.05, 0) is 35.9 Å². The number of fused-ring (bicyclic) bond motifs is 1. The van der Waals surface area contributed by atoms with Gasteiger partial charge in [-0.15, -0.1) is 11.3 Å². The molecule has 0 radical (unpaired) electrons. The minimum absolute atomic E-state index is 0.149. The second-order valence-corrected chi connectivity index (χ2v) is 6.64. The summed E-state index contributed by atoms with van der Waals surface area (Å²) >= 11 is 1.56. The molecule has 0 fully saturated rings. The first kappa shape index (κ1) is 16.2. The Hall–Kier alpha value is -3.32. The van der Waals surface area contributed by atoms with E-state index in [0.29, 0.717) is 6.54 Å². The first-order valence-corrected chi connectivity index (χ1v) is 8.85. The van der Waals surface area contributed by atoms with Crippen molar-refractivity contribution in [3.63, 3.8) is 0 Å². The van der Waals surface area contributed by atoms with Crippen LogP contribution < -0.4 is 5.32 Å². The van der Waals surface area contributed by atoms with E-state index in [9.17, 15) is 4.79 Å². The fourth-order valence-corrected chi connectivity index (χ4v) is 3.33. The molecule has 2 heterocycles. The van der Waals surface area contributed by atoms with Crippen LogP contribution in [-0.2, 0) is 11.3 Å². The average molecular weight is 361 g/mol. The summed E-state index contributed by atoms with van der Waals surface area (Å²) in [5.74, 6) is -0.149. The van der Waals surface area contributed by atoms with Gasteiger partial charge in [0.2, 0.25) is 5.91 Å². The Morgan fingerprint density at radius 2 is 2.00 bits per heavy atom. The lowest BCUT2D eigenvalue weighted by molar-refractivity contribution is -0.116. The van der Waals surface area contributed by atoms with E-state index in [1.54, 1.807) is 28.4 Å². The molecule has 0 unspecified atom stereocenters. The summed E-state index contributed by atoms with van der Waals surface area (Å²) in [6.45, 7) is 0.459. The third-order valence-corrected chi connectivity index (χ3v) is 4.78. The molecule has 26 heavy (non-hydrogen) atoms. The van der Waals surface area contributed by atoms with Gasteiger partial charge in [0, 0.05) is 12.6 Å². The number of aromatic nitrogens is 4. The van der Waals surface area contributed by atoms with E-state index in [2.05, 4.69) is 20.4 Å². The van der Waals surface area contributed by atoms with Crippen LogP contribution in [-0.4, -0.2) is 25.7 Å². The highest BCUT2D eigenvalue weighted by atomic mass is 32.1. The minimum atomic E-state index is -0.149. The normalized spacial score (nSPS) is 11.2. The average Bonchev–Trinajstić information content (AvgIpc) is 3.34. The van der Waals surface area contributed by atoms with Gasteiger partial charge in [0.15, 0.2) is 0 Å². The van der Waals surface area contributed by atoms with Gasteiger partial charge in [-0.2, -0.15) is 5.10 Å². The standard InChI is InChI=1S/C19H15N5OS/c25-18(9-10-19-23-16-3-1-2-4-17(16)26-19)21-11-14-5-7-15(8-6-14)24-13-20-12-22-24/h1-10,12-13H,11H2,(H,21,25). The molecule has 0 atom stereocenters. The lowest BCUT2D eigenvalue weighted by Crippen LogP contribution is -2.20. The van der Waals surface area contributed by atoms with Crippen molar-refractivity contribution >= 4 is 33.5 Å². The predicted octanol–water partition coefficient (Wildman–Crippen LogP) is 3.21. The second-order valence-electron chi connectivity index (χ2n) is 5.58. The van der Waals surface area contributed by atoms with E-state index >= 15 is 0 Å². The van der Waals surface area contributed by atoms with Gasteiger partial charge >= 0.3 is 0 Å². The van der Waals surface area contributed by atoms with Crippen LogP contribution in [0.15, 0.2) is 67.3 Å². The zero-order valence-electron chi connectivity index (χ0n) is 13.7. The zero-order chi connectivity index (χ0) is 17.8. The van der Waals surface area contributed by atoms with E-state index in [1.807, 2.05) is 48.5 Å². The SMILES string of the molecule is O=C(C=Cc1nc2ccccc2s1)NCc1ccc(-n2cncn2)cc1. The lowest BCUT2D eigenvalue weighted by atomic mass is 10.2. The minimum Gasteiger partial charge on any atom is -0.348 e. The molecular weight excluding hydrogens is 346 g/mol. The Morgan fingerprint density at radius 1 is 1.15 bits per heavy atom. The largest absolute Gasteiger partial charge is 0.348 e. The van der Waals surface area contributed by atoms with Crippen molar-refractivity contribution in [1.82, 2.24) is 25.1 Å². The van der Waals surface area contributed by atoms with Crippen LogP contribution in [0.2, 0.25) is 0 Å². The van der Waals surface area contributed by atoms with E-state index in [1.165, 1.54) is 12.4 Å². The summed E-state index contributed by atoms with van der Waals surface area (Å²) in [6, 6.07) is 15.7. The van der Waals surface area contributed by atoms with E-state index < -0.39 is 0 Å². The molecule has 128 valence electrons. The monoisotopic (exact) mass is 361 g/mol. The third kappa shape index (κ3) is 3.68. The number of thiazole rings is 1. The Balaban J connectivity index is 1.34. The van der Waals surface area contributed by atoms with Crippen molar-refractivity contribution in [2.45, 2.75) is 6.54 Å². The Labute approximate surface area is 153 Å². The van der Waals surface area contributed by atoms with E-state index in [0.717, 1.165) is 26.5 Å². The van der Waals surface area contributed by atoms with Crippen molar-refractivity contribution < 1.29 is 4.79 Å². The molecule has 1 N–H and O–H groups in total. The number of hydrogen-bond acceptors (Lipinski definition) is 5. The van der Waals surface area contributed by atoms with E-state index in [4.69, 9.17) is 0 Å². The van der Waals surface area contributed by atoms with Crippen molar-refractivity contribution in [3.8, 4) is 5.69 Å². The molecule has 1 amide bonds. The number of hydrogen-bond donors (Lipinski definition) is 1.